The van der Waals surface area contributed by atoms with Gasteiger partial charge in [0.25, 0.3) is 0 Å². The highest BCUT2D eigenvalue weighted by atomic mass is 19.1. The zero-order valence-corrected chi connectivity index (χ0v) is 9.64. The fourth-order valence-electron chi connectivity index (χ4n) is 1.88. The van der Waals surface area contributed by atoms with Crippen molar-refractivity contribution in [3.05, 3.63) is 35.6 Å². The number of aliphatic hydroxyl groups is 1. The predicted octanol–water partition coefficient (Wildman–Crippen LogP) is 2.40. The van der Waals surface area contributed by atoms with Crippen molar-refractivity contribution in [2.24, 2.45) is 0 Å². The number of ether oxygens (including phenoxy) is 2. The number of rotatable bonds is 4. The first-order valence-corrected chi connectivity index (χ1v) is 5.92. The smallest absolute Gasteiger partial charge is 0.157 e. The second-order valence-electron chi connectivity index (χ2n) is 4.17. The van der Waals surface area contributed by atoms with Gasteiger partial charge in [0.15, 0.2) is 6.29 Å². The average Bonchev–Trinajstić information content (AvgIpc) is 2.37. The molecule has 1 saturated heterocycles. The Morgan fingerprint density at radius 2 is 2.12 bits per heavy atom. The zero-order valence-electron chi connectivity index (χ0n) is 9.64. The molecule has 1 atom stereocenters. The van der Waals surface area contributed by atoms with E-state index in [1.807, 2.05) is 0 Å². The molecule has 0 saturated carbocycles. The number of hydrogen-bond donors (Lipinski definition) is 1. The molecular formula is C13H17FO3. The Bertz CT molecular complexity index is 350. The number of hydrogen-bond acceptors (Lipinski definition) is 3. The summed E-state index contributed by atoms with van der Waals surface area (Å²) >= 11 is 0. The van der Waals surface area contributed by atoms with Gasteiger partial charge in [-0.25, -0.2) is 4.39 Å². The molecule has 94 valence electrons. The van der Waals surface area contributed by atoms with Crippen molar-refractivity contribution in [3.8, 4) is 0 Å². The van der Waals surface area contributed by atoms with Crippen LogP contribution in [0.1, 0.15) is 30.9 Å². The predicted molar refractivity (Wildman–Crippen MR) is 60.9 cm³/mol. The Kier molecular flexibility index (Phi) is 4.48. The van der Waals surface area contributed by atoms with Gasteiger partial charge >= 0.3 is 0 Å². The van der Waals surface area contributed by atoms with Gasteiger partial charge in [0.05, 0.1) is 19.3 Å². The SMILES string of the molecule is O[C@H](CCC1OCCCO1)c1cccc(F)c1. The van der Waals surface area contributed by atoms with Gasteiger partial charge in [0, 0.05) is 6.42 Å². The summed E-state index contributed by atoms with van der Waals surface area (Å²) in [5.74, 6) is -0.327. The van der Waals surface area contributed by atoms with Crippen molar-refractivity contribution in [3.63, 3.8) is 0 Å². The van der Waals surface area contributed by atoms with Crippen LogP contribution in [-0.2, 0) is 9.47 Å². The van der Waals surface area contributed by atoms with E-state index in [1.54, 1.807) is 12.1 Å². The molecule has 0 amide bonds. The van der Waals surface area contributed by atoms with Crippen molar-refractivity contribution in [1.29, 1.82) is 0 Å². The van der Waals surface area contributed by atoms with Gasteiger partial charge in [-0.2, -0.15) is 0 Å². The van der Waals surface area contributed by atoms with E-state index in [0.717, 1.165) is 6.42 Å². The van der Waals surface area contributed by atoms with E-state index >= 15 is 0 Å². The largest absolute Gasteiger partial charge is 0.388 e. The van der Waals surface area contributed by atoms with E-state index in [9.17, 15) is 9.50 Å². The number of aliphatic hydroxyl groups excluding tert-OH is 1. The van der Waals surface area contributed by atoms with Crippen LogP contribution in [0.25, 0.3) is 0 Å². The van der Waals surface area contributed by atoms with Gasteiger partial charge in [0.2, 0.25) is 0 Å². The lowest BCUT2D eigenvalue weighted by atomic mass is 10.0. The van der Waals surface area contributed by atoms with Crippen LogP contribution in [0.4, 0.5) is 4.39 Å². The molecule has 3 nitrogen and oxygen atoms in total. The average molecular weight is 240 g/mol. The number of halogens is 1. The van der Waals surface area contributed by atoms with E-state index in [4.69, 9.17) is 9.47 Å². The fourth-order valence-corrected chi connectivity index (χ4v) is 1.88. The van der Waals surface area contributed by atoms with Crippen molar-refractivity contribution in [2.45, 2.75) is 31.7 Å². The molecule has 0 bridgehead atoms. The van der Waals surface area contributed by atoms with Crippen LogP contribution in [-0.4, -0.2) is 24.6 Å². The molecule has 1 aliphatic heterocycles. The van der Waals surface area contributed by atoms with E-state index < -0.39 is 6.10 Å². The summed E-state index contributed by atoms with van der Waals surface area (Å²) in [4.78, 5) is 0. The Morgan fingerprint density at radius 1 is 1.35 bits per heavy atom. The fraction of sp³-hybridized carbons (Fsp3) is 0.538. The lowest BCUT2D eigenvalue weighted by Gasteiger charge is -2.24. The van der Waals surface area contributed by atoms with Gasteiger partial charge in [-0.05, 0) is 30.5 Å². The topological polar surface area (TPSA) is 38.7 Å². The maximum Gasteiger partial charge on any atom is 0.157 e. The Hall–Kier alpha value is -0.970. The molecule has 0 radical (unpaired) electrons. The van der Waals surface area contributed by atoms with Crippen molar-refractivity contribution in [2.75, 3.05) is 13.2 Å². The lowest BCUT2D eigenvalue weighted by Crippen LogP contribution is -2.25. The first-order valence-electron chi connectivity index (χ1n) is 5.92. The molecule has 0 aromatic heterocycles. The Labute approximate surface area is 100 Å². The number of benzene rings is 1. The minimum Gasteiger partial charge on any atom is -0.388 e. The molecule has 1 aromatic carbocycles. The summed E-state index contributed by atoms with van der Waals surface area (Å²) in [6, 6.07) is 6.04. The van der Waals surface area contributed by atoms with Crippen LogP contribution in [0.5, 0.6) is 0 Å². The minimum atomic E-state index is -0.667. The van der Waals surface area contributed by atoms with Crippen LogP contribution in [0.3, 0.4) is 0 Å². The monoisotopic (exact) mass is 240 g/mol. The van der Waals surface area contributed by atoms with Gasteiger partial charge in [-0.3, -0.25) is 0 Å². The third-order valence-corrected chi connectivity index (χ3v) is 2.81. The van der Waals surface area contributed by atoms with Crippen LogP contribution in [0.2, 0.25) is 0 Å². The van der Waals surface area contributed by atoms with Gasteiger partial charge in [-0.1, -0.05) is 12.1 Å². The van der Waals surface area contributed by atoms with E-state index in [0.29, 0.717) is 31.6 Å². The van der Waals surface area contributed by atoms with Crippen LogP contribution in [0, 0.1) is 5.82 Å². The Balaban J connectivity index is 1.82. The lowest BCUT2D eigenvalue weighted by molar-refractivity contribution is -0.183. The maximum atomic E-state index is 13.0. The summed E-state index contributed by atoms with van der Waals surface area (Å²) in [6.07, 6.45) is 1.15. The summed E-state index contributed by atoms with van der Waals surface area (Å²) in [5.41, 5.74) is 0.598. The Morgan fingerprint density at radius 3 is 2.82 bits per heavy atom. The molecular weight excluding hydrogens is 223 g/mol. The van der Waals surface area contributed by atoms with Crippen molar-refractivity contribution in [1.82, 2.24) is 0 Å². The normalized spacial score (nSPS) is 19.2. The van der Waals surface area contributed by atoms with E-state index in [2.05, 4.69) is 0 Å². The summed E-state index contributed by atoms with van der Waals surface area (Å²) in [6.45, 7) is 1.42. The van der Waals surface area contributed by atoms with Crippen LogP contribution in [0.15, 0.2) is 24.3 Å². The highest BCUT2D eigenvalue weighted by molar-refractivity contribution is 5.18. The van der Waals surface area contributed by atoms with Crippen molar-refractivity contribution < 1.29 is 19.0 Å². The molecule has 17 heavy (non-hydrogen) atoms. The van der Waals surface area contributed by atoms with Crippen LogP contribution < -0.4 is 0 Å². The molecule has 4 heteroatoms. The standard InChI is InChI=1S/C13H17FO3/c14-11-4-1-3-10(9-11)12(15)5-6-13-16-7-2-8-17-13/h1,3-4,9,12-13,15H,2,5-8H2/t12-/m1/s1. The van der Waals surface area contributed by atoms with Crippen LogP contribution >= 0.6 is 0 Å². The molecule has 0 spiro atoms. The van der Waals surface area contributed by atoms with Crippen molar-refractivity contribution >= 4 is 0 Å². The quantitative estimate of drug-likeness (QED) is 0.878. The highest BCUT2D eigenvalue weighted by Crippen LogP contribution is 2.21. The zero-order chi connectivity index (χ0) is 12.1. The first-order chi connectivity index (χ1) is 8.25. The second-order valence-corrected chi connectivity index (χ2v) is 4.17. The first kappa shape index (κ1) is 12.5. The van der Waals surface area contributed by atoms with Gasteiger partial charge in [-0.15, -0.1) is 0 Å². The summed E-state index contributed by atoms with van der Waals surface area (Å²) < 4.78 is 23.7. The third kappa shape index (κ3) is 3.77. The molecule has 1 aromatic rings. The summed E-state index contributed by atoms with van der Waals surface area (Å²) in [5, 5.41) is 9.90. The van der Waals surface area contributed by atoms with Gasteiger partial charge < -0.3 is 14.6 Å². The van der Waals surface area contributed by atoms with E-state index in [-0.39, 0.29) is 12.1 Å². The summed E-state index contributed by atoms with van der Waals surface area (Å²) in [7, 11) is 0. The molecule has 1 heterocycles. The third-order valence-electron chi connectivity index (χ3n) is 2.81. The highest BCUT2D eigenvalue weighted by Gasteiger charge is 2.17. The molecule has 1 N–H and O–H groups in total. The van der Waals surface area contributed by atoms with E-state index in [1.165, 1.54) is 12.1 Å². The molecule has 0 aliphatic carbocycles. The molecule has 0 unspecified atom stereocenters. The maximum absolute atomic E-state index is 13.0. The van der Waals surface area contributed by atoms with Gasteiger partial charge in [0.1, 0.15) is 5.82 Å². The molecule has 1 aliphatic rings. The molecule has 2 rings (SSSR count). The minimum absolute atomic E-state index is 0.230. The molecule has 1 fully saturated rings. The second kappa shape index (κ2) is 6.10.